The average Bonchev–Trinajstić information content (AvgIpc) is 2.66. The lowest BCUT2D eigenvalue weighted by molar-refractivity contribution is 0.466. The first-order valence-electron chi connectivity index (χ1n) is 5.67. The van der Waals surface area contributed by atoms with E-state index in [4.69, 9.17) is 0 Å². The molecule has 0 unspecified atom stereocenters. The zero-order valence-corrected chi connectivity index (χ0v) is 9.47. The molecule has 0 spiro atoms. The summed E-state index contributed by atoms with van der Waals surface area (Å²) in [5.74, 6) is 1.51. The Morgan fingerprint density at radius 3 is 3.18 bits per heavy atom. The van der Waals surface area contributed by atoms with Crippen LogP contribution in [0.3, 0.4) is 0 Å². The molecule has 2 N–H and O–H groups in total. The normalized spacial score (nSPS) is 27.9. The first-order valence-corrected chi connectivity index (χ1v) is 5.67. The highest BCUT2D eigenvalue weighted by Gasteiger charge is 2.37. The number of hydrogen-bond donors (Lipinski definition) is 2. The second-order valence-corrected chi connectivity index (χ2v) is 4.44. The van der Waals surface area contributed by atoms with Crippen LogP contribution in [0.15, 0.2) is 22.0 Å². The SMILES string of the molecule is Cc1nnc(N/N=C2/C[C@@H]3C=CC[C@H]23)[nH]c1=O. The third-order valence-corrected chi connectivity index (χ3v) is 3.33. The van der Waals surface area contributed by atoms with Gasteiger partial charge in [0.2, 0.25) is 5.95 Å². The number of fused-ring (bicyclic) bond motifs is 1. The zero-order chi connectivity index (χ0) is 11.8. The molecule has 0 amide bonds. The van der Waals surface area contributed by atoms with Gasteiger partial charge in [0.25, 0.3) is 5.56 Å². The molecule has 0 radical (unpaired) electrons. The molecule has 2 aliphatic rings. The summed E-state index contributed by atoms with van der Waals surface area (Å²) in [6.07, 6.45) is 6.52. The second-order valence-electron chi connectivity index (χ2n) is 4.44. The summed E-state index contributed by atoms with van der Waals surface area (Å²) in [5.41, 5.74) is 4.01. The predicted octanol–water partition coefficient (Wildman–Crippen LogP) is 0.837. The van der Waals surface area contributed by atoms with Crippen molar-refractivity contribution in [3.05, 3.63) is 28.2 Å². The minimum absolute atomic E-state index is 0.239. The number of nitrogens with one attached hydrogen (secondary N) is 2. The number of aromatic nitrogens is 3. The quantitative estimate of drug-likeness (QED) is 0.583. The summed E-state index contributed by atoms with van der Waals surface area (Å²) in [6.45, 7) is 1.61. The van der Waals surface area contributed by atoms with E-state index in [1.165, 1.54) is 0 Å². The molecule has 1 saturated carbocycles. The fourth-order valence-corrected chi connectivity index (χ4v) is 2.23. The van der Waals surface area contributed by atoms with Crippen LogP contribution < -0.4 is 11.0 Å². The highest BCUT2D eigenvalue weighted by Crippen LogP contribution is 2.40. The molecule has 1 fully saturated rings. The summed E-state index contributed by atoms with van der Waals surface area (Å²) >= 11 is 0. The van der Waals surface area contributed by atoms with E-state index < -0.39 is 0 Å². The average molecular weight is 231 g/mol. The van der Waals surface area contributed by atoms with Crippen molar-refractivity contribution < 1.29 is 0 Å². The topological polar surface area (TPSA) is 83.0 Å². The summed E-state index contributed by atoms with van der Waals surface area (Å²) in [7, 11) is 0. The molecule has 0 aromatic carbocycles. The van der Waals surface area contributed by atoms with Gasteiger partial charge in [-0.15, -0.1) is 10.2 Å². The Morgan fingerprint density at radius 1 is 1.53 bits per heavy atom. The Balaban J connectivity index is 1.70. The van der Waals surface area contributed by atoms with Gasteiger partial charge in [-0.2, -0.15) is 5.10 Å². The summed E-state index contributed by atoms with van der Waals surface area (Å²) in [5, 5.41) is 11.8. The summed E-state index contributed by atoms with van der Waals surface area (Å²) < 4.78 is 0. The molecule has 0 saturated heterocycles. The number of allylic oxidation sites excluding steroid dienone is 2. The maximum Gasteiger partial charge on any atom is 0.274 e. The van der Waals surface area contributed by atoms with E-state index in [-0.39, 0.29) is 5.56 Å². The second kappa shape index (κ2) is 3.80. The van der Waals surface area contributed by atoms with E-state index in [0.29, 0.717) is 23.5 Å². The highest BCUT2D eigenvalue weighted by atomic mass is 16.1. The van der Waals surface area contributed by atoms with Gasteiger partial charge in [0, 0.05) is 11.6 Å². The molecule has 1 aromatic heterocycles. The number of nitrogens with zero attached hydrogens (tertiary/aromatic N) is 3. The molecule has 88 valence electrons. The number of aromatic amines is 1. The van der Waals surface area contributed by atoms with E-state index in [0.717, 1.165) is 18.6 Å². The molecule has 2 atom stereocenters. The minimum Gasteiger partial charge on any atom is -0.288 e. The van der Waals surface area contributed by atoms with Crippen LogP contribution in [0, 0.1) is 18.8 Å². The van der Waals surface area contributed by atoms with Crippen molar-refractivity contribution in [1.29, 1.82) is 0 Å². The fourth-order valence-electron chi connectivity index (χ4n) is 2.23. The van der Waals surface area contributed by atoms with Crippen molar-refractivity contribution in [1.82, 2.24) is 15.2 Å². The molecule has 1 aromatic rings. The minimum atomic E-state index is -0.239. The lowest BCUT2D eigenvalue weighted by atomic mass is 9.74. The van der Waals surface area contributed by atoms with Crippen molar-refractivity contribution in [2.45, 2.75) is 19.8 Å². The Labute approximate surface area is 97.9 Å². The zero-order valence-electron chi connectivity index (χ0n) is 9.47. The lowest BCUT2D eigenvalue weighted by Gasteiger charge is -2.31. The highest BCUT2D eigenvalue weighted by molar-refractivity contribution is 5.94. The van der Waals surface area contributed by atoms with Crippen molar-refractivity contribution >= 4 is 11.7 Å². The van der Waals surface area contributed by atoms with Gasteiger partial charge in [0.05, 0.1) is 0 Å². The number of H-pyrrole nitrogens is 1. The molecule has 6 heteroatoms. The molecular formula is C11H13N5O. The lowest BCUT2D eigenvalue weighted by Crippen LogP contribution is -2.33. The molecule has 2 aliphatic carbocycles. The van der Waals surface area contributed by atoms with Gasteiger partial charge in [-0.25, -0.2) is 5.43 Å². The van der Waals surface area contributed by atoms with Gasteiger partial charge >= 0.3 is 0 Å². The van der Waals surface area contributed by atoms with Crippen LogP contribution in [0.4, 0.5) is 5.95 Å². The molecule has 0 bridgehead atoms. The summed E-state index contributed by atoms with van der Waals surface area (Å²) in [4.78, 5) is 13.9. The van der Waals surface area contributed by atoms with Crippen molar-refractivity contribution in [2.24, 2.45) is 16.9 Å². The van der Waals surface area contributed by atoms with E-state index in [2.05, 4.69) is 37.9 Å². The number of hydrogen-bond acceptors (Lipinski definition) is 5. The number of aryl methyl sites for hydroxylation is 1. The molecule has 3 rings (SSSR count). The monoisotopic (exact) mass is 231 g/mol. The van der Waals surface area contributed by atoms with E-state index in [1.807, 2.05) is 0 Å². The number of rotatable bonds is 2. The third kappa shape index (κ3) is 1.75. The molecular weight excluding hydrogens is 218 g/mol. The van der Waals surface area contributed by atoms with Crippen LogP contribution >= 0.6 is 0 Å². The van der Waals surface area contributed by atoms with Crippen molar-refractivity contribution in [2.75, 3.05) is 5.43 Å². The van der Waals surface area contributed by atoms with Gasteiger partial charge < -0.3 is 0 Å². The van der Waals surface area contributed by atoms with Crippen LogP contribution in [-0.2, 0) is 0 Å². The Bertz CT molecular complexity index is 559. The number of anilines is 1. The predicted molar refractivity (Wildman–Crippen MR) is 63.8 cm³/mol. The first kappa shape index (κ1) is 10.2. The van der Waals surface area contributed by atoms with Gasteiger partial charge in [-0.05, 0) is 25.7 Å². The maximum absolute atomic E-state index is 11.3. The van der Waals surface area contributed by atoms with E-state index in [1.54, 1.807) is 6.92 Å². The Hall–Kier alpha value is -1.98. The molecule has 6 nitrogen and oxygen atoms in total. The van der Waals surface area contributed by atoms with E-state index in [9.17, 15) is 4.79 Å². The van der Waals surface area contributed by atoms with Crippen LogP contribution in [0.25, 0.3) is 0 Å². The van der Waals surface area contributed by atoms with Crippen LogP contribution in [0.2, 0.25) is 0 Å². The Kier molecular flexibility index (Phi) is 2.28. The molecule has 17 heavy (non-hydrogen) atoms. The fraction of sp³-hybridized carbons (Fsp3) is 0.455. The van der Waals surface area contributed by atoms with Gasteiger partial charge in [0.15, 0.2) is 0 Å². The van der Waals surface area contributed by atoms with Gasteiger partial charge in [0.1, 0.15) is 5.69 Å². The Morgan fingerprint density at radius 2 is 2.41 bits per heavy atom. The standard InChI is InChI=1S/C11H13N5O/c1-6-10(17)12-11(15-13-6)16-14-9-5-7-3-2-4-8(7)9/h2-3,7-8H,4-5H2,1H3,(H2,12,15,16,17)/b14-9-/t7-,8-/m0/s1. The van der Waals surface area contributed by atoms with Gasteiger partial charge in [-0.1, -0.05) is 12.2 Å². The van der Waals surface area contributed by atoms with Gasteiger partial charge in [-0.3, -0.25) is 9.78 Å². The summed E-state index contributed by atoms with van der Waals surface area (Å²) in [6, 6.07) is 0. The third-order valence-electron chi connectivity index (χ3n) is 3.33. The van der Waals surface area contributed by atoms with Crippen LogP contribution in [-0.4, -0.2) is 20.9 Å². The first-order chi connectivity index (χ1) is 8.24. The largest absolute Gasteiger partial charge is 0.288 e. The van der Waals surface area contributed by atoms with E-state index >= 15 is 0 Å². The maximum atomic E-state index is 11.3. The van der Waals surface area contributed by atoms with Crippen molar-refractivity contribution in [3.63, 3.8) is 0 Å². The van der Waals surface area contributed by atoms with Crippen LogP contribution in [0.1, 0.15) is 18.5 Å². The molecule has 1 heterocycles. The molecule has 0 aliphatic heterocycles. The smallest absolute Gasteiger partial charge is 0.274 e. The number of hydrazone groups is 1. The van der Waals surface area contributed by atoms with Crippen LogP contribution in [0.5, 0.6) is 0 Å². The van der Waals surface area contributed by atoms with Crippen molar-refractivity contribution in [3.8, 4) is 0 Å².